The number of anilines is 3. The van der Waals surface area contributed by atoms with E-state index in [1.54, 1.807) is 6.20 Å². The quantitative estimate of drug-likeness (QED) is 0.307. The highest BCUT2D eigenvalue weighted by Gasteiger charge is 2.14. The summed E-state index contributed by atoms with van der Waals surface area (Å²) >= 11 is 0. The second-order valence-electron chi connectivity index (χ2n) is 7.81. The predicted molar refractivity (Wildman–Crippen MR) is 132 cm³/mol. The first-order valence-corrected chi connectivity index (χ1v) is 11.3. The Kier molecular flexibility index (Phi) is 7.36. The molecule has 33 heavy (non-hydrogen) atoms. The summed E-state index contributed by atoms with van der Waals surface area (Å²) in [5.41, 5.74) is 2.57. The first-order valence-electron chi connectivity index (χ1n) is 11.3. The third kappa shape index (κ3) is 5.78. The van der Waals surface area contributed by atoms with E-state index in [1.807, 2.05) is 80.1 Å². The average Bonchev–Trinajstić information content (AvgIpc) is 3.25. The van der Waals surface area contributed by atoms with Crippen LogP contribution in [0.15, 0.2) is 60.8 Å². The highest BCUT2D eigenvalue weighted by molar-refractivity contribution is 5.90. The lowest BCUT2D eigenvalue weighted by Gasteiger charge is -2.12. The van der Waals surface area contributed by atoms with Gasteiger partial charge in [-0.3, -0.25) is 0 Å². The van der Waals surface area contributed by atoms with Crippen LogP contribution in [0.2, 0.25) is 0 Å². The van der Waals surface area contributed by atoms with Crippen LogP contribution in [0.5, 0.6) is 5.75 Å². The summed E-state index contributed by atoms with van der Waals surface area (Å²) in [5.74, 6) is 2.06. The number of ether oxygens (including phenoxy) is 2. The topological polar surface area (TPSA) is 86.1 Å². The summed E-state index contributed by atoms with van der Waals surface area (Å²) in [6.45, 7) is 8.07. The van der Waals surface area contributed by atoms with Gasteiger partial charge in [-0.2, -0.15) is 15.1 Å². The summed E-state index contributed by atoms with van der Waals surface area (Å²) in [4.78, 5) is 9.50. The molecule has 0 amide bonds. The van der Waals surface area contributed by atoms with E-state index >= 15 is 0 Å². The van der Waals surface area contributed by atoms with Gasteiger partial charge in [0.05, 0.1) is 30.0 Å². The minimum atomic E-state index is 0.225. The molecular formula is C25H30N6O2. The van der Waals surface area contributed by atoms with Gasteiger partial charge in [0, 0.05) is 18.8 Å². The van der Waals surface area contributed by atoms with Crippen LogP contribution in [-0.2, 0) is 4.74 Å². The normalized spacial score (nSPS) is 11.2. The molecule has 0 aliphatic heterocycles. The number of fused-ring (bicyclic) bond motifs is 1. The number of nitrogens with zero attached hydrogens (tertiary/aromatic N) is 4. The summed E-state index contributed by atoms with van der Waals surface area (Å²) < 4.78 is 13.0. The number of nitrogens with one attached hydrogen (secondary N) is 2. The molecule has 0 saturated carbocycles. The molecule has 0 atom stereocenters. The van der Waals surface area contributed by atoms with Crippen LogP contribution >= 0.6 is 0 Å². The van der Waals surface area contributed by atoms with Gasteiger partial charge in [-0.1, -0.05) is 18.2 Å². The lowest BCUT2D eigenvalue weighted by molar-refractivity contribution is 0.0787. The fraction of sp³-hybridized carbons (Fsp3) is 0.320. The summed E-state index contributed by atoms with van der Waals surface area (Å²) in [6.07, 6.45) is 2.88. The van der Waals surface area contributed by atoms with E-state index < -0.39 is 0 Å². The molecule has 4 rings (SSSR count). The number of benzene rings is 2. The zero-order chi connectivity index (χ0) is 23.0. The molecule has 0 fully saturated rings. The van der Waals surface area contributed by atoms with Gasteiger partial charge in [-0.25, -0.2) is 4.68 Å². The maximum Gasteiger partial charge on any atom is 0.226 e. The zero-order valence-electron chi connectivity index (χ0n) is 19.3. The van der Waals surface area contributed by atoms with Gasteiger partial charge in [-0.15, -0.1) is 0 Å². The number of aromatic nitrogens is 4. The Labute approximate surface area is 194 Å². The number of para-hydroxylation sites is 1. The van der Waals surface area contributed by atoms with Crippen LogP contribution < -0.4 is 15.4 Å². The van der Waals surface area contributed by atoms with Crippen molar-refractivity contribution in [2.45, 2.75) is 33.3 Å². The fourth-order valence-electron chi connectivity index (χ4n) is 3.37. The highest BCUT2D eigenvalue weighted by Crippen LogP contribution is 2.27. The number of hydrogen-bond donors (Lipinski definition) is 2. The molecular weight excluding hydrogens is 416 g/mol. The first-order chi connectivity index (χ1) is 16.1. The Balaban J connectivity index is 1.62. The molecule has 0 aliphatic carbocycles. The second-order valence-corrected chi connectivity index (χ2v) is 7.81. The summed E-state index contributed by atoms with van der Waals surface area (Å²) in [7, 11) is 0. The van der Waals surface area contributed by atoms with Crippen molar-refractivity contribution in [1.29, 1.82) is 0 Å². The Morgan fingerprint density at radius 1 is 1.00 bits per heavy atom. The van der Waals surface area contributed by atoms with E-state index in [0.717, 1.165) is 34.6 Å². The summed E-state index contributed by atoms with van der Waals surface area (Å²) in [5, 5.41) is 12.2. The molecule has 2 aromatic carbocycles. The molecule has 0 saturated heterocycles. The molecule has 4 aromatic rings. The predicted octanol–water partition coefficient (Wildman–Crippen LogP) is 5.18. The summed E-state index contributed by atoms with van der Waals surface area (Å²) in [6, 6.07) is 17.8. The highest BCUT2D eigenvalue weighted by atomic mass is 16.5. The lowest BCUT2D eigenvalue weighted by atomic mass is 10.3. The largest absolute Gasteiger partial charge is 0.494 e. The third-order valence-electron chi connectivity index (χ3n) is 4.91. The minimum Gasteiger partial charge on any atom is -0.494 e. The lowest BCUT2D eigenvalue weighted by Crippen LogP contribution is -2.12. The monoisotopic (exact) mass is 446 g/mol. The molecule has 8 heteroatoms. The average molecular weight is 447 g/mol. The standard InChI is InChI=1S/C25H30N6O2/c1-4-32-21-13-11-19(12-14-21)28-23-22-17-27-31(20-9-6-5-7-10-20)24(22)30-25(29-23)26-15-8-16-33-18(2)3/h5-7,9-14,17-18H,4,8,15-16H2,1-3H3,(H2,26,28,29,30). The van der Waals surface area contributed by atoms with E-state index in [1.165, 1.54) is 0 Å². The molecule has 172 valence electrons. The zero-order valence-corrected chi connectivity index (χ0v) is 19.3. The van der Waals surface area contributed by atoms with Gasteiger partial charge >= 0.3 is 0 Å². The van der Waals surface area contributed by atoms with Crippen molar-refractivity contribution in [3.05, 3.63) is 60.8 Å². The van der Waals surface area contributed by atoms with Gasteiger partial charge in [0.2, 0.25) is 5.95 Å². The van der Waals surface area contributed by atoms with E-state index in [4.69, 9.17) is 19.4 Å². The number of rotatable bonds is 11. The van der Waals surface area contributed by atoms with Crippen LogP contribution in [0.4, 0.5) is 17.5 Å². The van der Waals surface area contributed by atoms with Crippen molar-refractivity contribution in [3.63, 3.8) is 0 Å². The third-order valence-corrected chi connectivity index (χ3v) is 4.91. The Hall–Kier alpha value is -3.65. The van der Waals surface area contributed by atoms with Crippen LogP contribution in [0.25, 0.3) is 16.7 Å². The van der Waals surface area contributed by atoms with Crippen molar-refractivity contribution >= 4 is 28.5 Å². The van der Waals surface area contributed by atoms with E-state index in [-0.39, 0.29) is 6.10 Å². The molecule has 0 aliphatic rings. The smallest absolute Gasteiger partial charge is 0.226 e. The molecule has 2 heterocycles. The molecule has 0 bridgehead atoms. The van der Waals surface area contributed by atoms with E-state index in [2.05, 4.69) is 15.7 Å². The van der Waals surface area contributed by atoms with Gasteiger partial charge in [0.15, 0.2) is 5.65 Å². The molecule has 0 radical (unpaired) electrons. The SMILES string of the molecule is CCOc1ccc(Nc2nc(NCCCOC(C)C)nc3c2cnn3-c2ccccc2)cc1. The minimum absolute atomic E-state index is 0.225. The molecule has 8 nitrogen and oxygen atoms in total. The van der Waals surface area contributed by atoms with Crippen LogP contribution in [0.3, 0.4) is 0 Å². The first kappa shape index (κ1) is 22.5. The van der Waals surface area contributed by atoms with E-state index in [9.17, 15) is 0 Å². The van der Waals surface area contributed by atoms with E-state index in [0.29, 0.717) is 31.5 Å². The van der Waals surface area contributed by atoms with Crippen molar-refractivity contribution in [2.75, 3.05) is 30.4 Å². The van der Waals surface area contributed by atoms with Crippen LogP contribution in [0, 0.1) is 0 Å². The van der Waals surface area contributed by atoms with Crippen LogP contribution in [-0.4, -0.2) is 45.6 Å². The molecule has 0 spiro atoms. The van der Waals surface area contributed by atoms with Crippen LogP contribution in [0.1, 0.15) is 27.2 Å². The van der Waals surface area contributed by atoms with Gasteiger partial charge < -0.3 is 20.1 Å². The maximum atomic E-state index is 5.63. The van der Waals surface area contributed by atoms with Gasteiger partial charge in [0.25, 0.3) is 0 Å². The molecule has 2 N–H and O–H groups in total. The van der Waals surface area contributed by atoms with Gasteiger partial charge in [-0.05, 0) is 63.6 Å². The van der Waals surface area contributed by atoms with Gasteiger partial charge in [0.1, 0.15) is 11.6 Å². The van der Waals surface area contributed by atoms with Crippen molar-refractivity contribution in [3.8, 4) is 11.4 Å². The van der Waals surface area contributed by atoms with Crippen molar-refractivity contribution in [1.82, 2.24) is 19.7 Å². The Morgan fingerprint density at radius 3 is 2.52 bits per heavy atom. The molecule has 2 aromatic heterocycles. The maximum absolute atomic E-state index is 5.63. The Bertz CT molecular complexity index is 1160. The molecule has 0 unspecified atom stereocenters. The second kappa shape index (κ2) is 10.8. The Morgan fingerprint density at radius 2 is 1.79 bits per heavy atom. The van der Waals surface area contributed by atoms with Crippen molar-refractivity contribution in [2.24, 2.45) is 0 Å². The number of hydrogen-bond acceptors (Lipinski definition) is 7. The fourth-order valence-corrected chi connectivity index (χ4v) is 3.37. The van der Waals surface area contributed by atoms with Crippen molar-refractivity contribution < 1.29 is 9.47 Å².